The number of amides is 1. The number of carbonyl (C=O) groups is 1. The van der Waals surface area contributed by atoms with Crippen molar-refractivity contribution >= 4 is 5.91 Å². The lowest BCUT2D eigenvalue weighted by molar-refractivity contribution is 0.0705. The summed E-state index contributed by atoms with van der Waals surface area (Å²) in [4.78, 5) is 14.2. The normalized spacial score (nSPS) is 29.1. The van der Waals surface area contributed by atoms with Crippen LogP contribution in [0.1, 0.15) is 29.6 Å². The fraction of sp³-hybridized carbons (Fsp3) is 0.583. The van der Waals surface area contributed by atoms with E-state index in [9.17, 15) is 4.79 Å². The summed E-state index contributed by atoms with van der Waals surface area (Å²) in [7, 11) is 0. The Kier molecular flexibility index (Phi) is 2.44. The zero-order chi connectivity index (χ0) is 11.0. The Bertz CT molecular complexity index is 374. The zero-order valence-corrected chi connectivity index (χ0v) is 9.19. The van der Waals surface area contributed by atoms with E-state index in [1.165, 1.54) is 6.26 Å². The zero-order valence-electron chi connectivity index (χ0n) is 9.19. The number of hydrogen-bond donors (Lipinski definition) is 1. The highest BCUT2D eigenvalue weighted by molar-refractivity contribution is 5.94. The highest BCUT2D eigenvalue weighted by atomic mass is 16.3. The Hall–Kier alpha value is -1.29. The van der Waals surface area contributed by atoms with Gasteiger partial charge < -0.3 is 14.6 Å². The average molecular weight is 220 g/mol. The maximum absolute atomic E-state index is 12.2. The number of likely N-dealkylation sites (tertiary alicyclic amines) is 1. The molecule has 2 atom stereocenters. The van der Waals surface area contributed by atoms with E-state index in [4.69, 9.17) is 4.42 Å². The van der Waals surface area contributed by atoms with E-state index in [1.54, 1.807) is 12.3 Å². The van der Waals surface area contributed by atoms with Crippen LogP contribution in [-0.4, -0.2) is 36.0 Å². The molecular formula is C12H16N2O2. The molecule has 1 aromatic heterocycles. The summed E-state index contributed by atoms with van der Waals surface area (Å²) in [6.45, 7) is 1.96. The van der Waals surface area contributed by atoms with Crippen LogP contribution in [-0.2, 0) is 0 Å². The van der Waals surface area contributed by atoms with Gasteiger partial charge in [-0.05, 0) is 31.9 Å². The van der Waals surface area contributed by atoms with Gasteiger partial charge in [-0.3, -0.25) is 4.79 Å². The molecule has 4 heteroatoms. The molecule has 0 spiro atoms. The fourth-order valence-corrected chi connectivity index (χ4v) is 2.85. The summed E-state index contributed by atoms with van der Waals surface area (Å²) in [5, 5.41) is 3.49. The van der Waals surface area contributed by atoms with Crippen LogP contribution >= 0.6 is 0 Å². The van der Waals surface area contributed by atoms with Crippen molar-refractivity contribution in [3.63, 3.8) is 0 Å². The van der Waals surface area contributed by atoms with E-state index in [1.807, 2.05) is 4.90 Å². The van der Waals surface area contributed by atoms with Crippen molar-refractivity contribution < 1.29 is 9.21 Å². The molecule has 2 saturated heterocycles. The predicted molar refractivity (Wildman–Crippen MR) is 59.2 cm³/mol. The fourth-order valence-electron chi connectivity index (χ4n) is 2.85. The van der Waals surface area contributed by atoms with Crippen LogP contribution in [0.2, 0.25) is 0 Å². The second kappa shape index (κ2) is 3.94. The van der Waals surface area contributed by atoms with Crippen molar-refractivity contribution in [2.45, 2.75) is 31.3 Å². The van der Waals surface area contributed by atoms with Crippen molar-refractivity contribution in [2.75, 3.05) is 13.1 Å². The molecule has 86 valence electrons. The Morgan fingerprint density at radius 3 is 3.25 bits per heavy atom. The molecule has 1 amide bonds. The van der Waals surface area contributed by atoms with E-state index >= 15 is 0 Å². The third-order valence-corrected chi connectivity index (χ3v) is 3.66. The number of rotatable bonds is 1. The Morgan fingerprint density at radius 1 is 1.50 bits per heavy atom. The first-order valence-electron chi connectivity index (χ1n) is 5.93. The van der Waals surface area contributed by atoms with Crippen molar-refractivity contribution in [3.05, 3.63) is 24.2 Å². The van der Waals surface area contributed by atoms with Crippen molar-refractivity contribution in [1.29, 1.82) is 0 Å². The van der Waals surface area contributed by atoms with Crippen LogP contribution in [0.15, 0.2) is 23.0 Å². The van der Waals surface area contributed by atoms with E-state index in [0.29, 0.717) is 17.6 Å². The predicted octanol–water partition coefficient (Wildman–Crippen LogP) is 1.25. The molecule has 0 bridgehead atoms. The van der Waals surface area contributed by atoms with E-state index < -0.39 is 0 Å². The molecule has 3 rings (SSSR count). The molecule has 1 aromatic rings. The molecule has 0 saturated carbocycles. The molecule has 1 N–H and O–H groups in total. The third kappa shape index (κ3) is 1.53. The van der Waals surface area contributed by atoms with Crippen LogP contribution in [0.25, 0.3) is 0 Å². The molecule has 2 fully saturated rings. The summed E-state index contributed by atoms with van der Waals surface area (Å²) >= 11 is 0. The molecule has 0 radical (unpaired) electrons. The van der Waals surface area contributed by atoms with Gasteiger partial charge in [0.05, 0.1) is 11.8 Å². The maximum Gasteiger partial charge on any atom is 0.257 e. The summed E-state index contributed by atoms with van der Waals surface area (Å²) in [6.07, 6.45) is 6.46. The number of carbonyl (C=O) groups excluding carboxylic acids is 1. The van der Waals surface area contributed by atoms with E-state index in [-0.39, 0.29) is 5.91 Å². The summed E-state index contributed by atoms with van der Waals surface area (Å²) in [6, 6.07) is 2.63. The highest BCUT2D eigenvalue weighted by Gasteiger charge is 2.38. The number of hydrogen-bond acceptors (Lipinski definition) is 3. The van der Waals surface area contributed by atoms with Crippen molar-refractivity contribution in [2.24, 2.45) is 0 Å². The minimum Gasteiger partial charge on any atom is -0.472 e. The molecule has 2 aliphatic heterocycles. The van der Waals surface area contributed by atoms with Gasteiger partial charge in [-0.2, -0.15) is 0 Å². The van der Waals surface area contributed by atoms with Gasteiger partial charge in [-0.1, -0.05) is 0 Å². The molecule has 2 unspecified atom stereocenters. The van der Waals surface area contributed by atoms with Crippen LogP contribution in [0, 0.1) is 0 Å². The minimum absolute atomic E-state index is 0.116. The standard InChI is InChI=1S/C12H16N2O2/c15-12(9-4-7-16-8-9)14-6-3-10-11(14)2-1-5-13-10/h4,7-8,10-11,13H,1-3,5-6H2. The minimum atomic E-state index is 0.116. The van der Waals surface area contributed by atoms with Gasteiger partial charge in [0.25, 0.3) is 5.91 Å². The summed E-state index contributed by atoms with van der Waals surface area (Å²) in [5.74, 6) is 0.116. The number of nitrogens with zero attached hydrogens (tertiary/aromatic N) is 1. The second-order valence-corrected chi connectivity index (χ2v) is 4.57. The van der Waals surface area contributed by atoms with Gasteiger partial charge in [0, 0.05) is 18.6 Å². The van der Waals surface area contributed by atoms with Crippen LogP contribution in [0.5, 0.6) is 0 Å². The molecular weight excluding hydrogens is 204 g/mol. The number of fused-ring (bicyclic) bond motifs is 1. The van der Waals surface area contributed by atoms with E-state index in [2.05, 4.69) is 5.32 Å². The molecule has 16 heavy (non-hydrogen) atoms. The van der Waals surface area contributed by atoms with Gasteiger partial charge in [-0.15, -0.1) is 0 Å². The first-order chi connectivity index (χ1) is 7.86. The summed E-state index contributed by atoms with van der Waals surface area (Å²) < 4.78 is 4.97. The van der Waals surface area contributed by atoms with Gasteiger partial charge >= 0.3 is 0 Å². The molecule has 4 nitrogen and oxygen atoms in total. The van der Waals surface area contributed by atoms with Gasteiger partial charge in [0.2, 0.25) is 0 Å². The van der Waals surface area contributed by atoms with Crippen LogP contribution in [0.4, 0.5) is 0 Å². The lowest BCUT2D eigenvalue weighted by atomic mass is 9.99. The maximum atomic E-state index is 12.2. The van der Waals surface area contributed by atoms with Crippen LogP contribution in [0.3, 0.4) is 0 Å². The van der Waals surface area contributed by atoms with Gasteiger partial charge in [0.1, 0.15) is 6.26 Å². The molecule has 0 aromatic carbocycles. The highest BCUT2D eigenvalue weighted by Crippen LogP contribution is 2.26. The quantitative estimate of drug-likeness (QED) is 0.774. The lowest BCUT2D eigenvalue weighted by Gasteiger charge is -2.32. The largest absolute Gasteiger partial charge is 0.472 e. The third-order valence-electron chi connectivity index (χ3n) is 3.66. The second-order valence-electron chi connectivity index (χ2n) is 4.57. The Morgan fingerprint density at radius 2 is 2.44 bits per heavy atom. The Labute approximate surface area is 94.6 Å². The topological polar surface area (TPSA) is 45.5 Å². The van der Waals surface area contributed by atoms with E-state index in [0.717, 1.165) is 32.4 Å². The first-order valence-corrected chi connectivity index (χ1v) is 5.93. The van der Waals surface area contributed by atoms with Gasteiger partial charge in [-0.25, -0.2) is 0 Å². The van der Waals surface area contributed by atoms with Crippen LogP contribution < -0.4 is 5.32 Å². The SMILES string of the molecule is O=C(c1ccoc1)N1CCC2NCCCC21. The van der Waals surface area contributed by atoms with Crippen molar-refractivity contribution in [1.82, 2.24) is 10.2 Å². The van der Waals surface area contributed by atoms with Crippen molar-refractivity contribution in [3.8, 4) is 0 Å². The molecule has 2 aliphatic rings. The summed E-state index contributed by atoms with van der Waals surface area (Å²) in [5.41, 5.74) is 0.672. The Balaban J connectivity index is 1.78. The monoisotopic (exact) mass is 220 g/mol. The number of nitrogens with one attached hydrogen (secondary N) is 1. The number of piperidine rings is 1. The smallest absolute Gasteiger partial charge is 0.257 e. The first kappa shape index (κ1) is 9.90. The number of furan rings is 1. The average Bonchev–Trinajstić information content (AvgIpc) is 2.98. The van der Waals surface area contributed by atoms with Gasteiger partial charge in [0.15, 0.2) is 0 Å². The molecule has 0 aliphatic carbocycles. The lowest BCUT2D eigenvalue weighted by Crippen LogP contribution is -2.48. The molecule has 3 heterocycles.